The van der Waals surface area contributed by atoms with Crippen molar-refractivity contribution in [3.05, 3.63) is 70.8 Å². The van der Waals surface area contributed by atoms with Gasteiger partial charge in [-0.05, 0) is 42.5 Å². The Labute approximate surface area is 124 Å². The minimum Gasteiger partial charge on any atom is -0.383 e. The fourth-order valence-electron chi connectivity index (χ4n) is 3.00. The van der Waals surface area contributed by atoms with Crippen molar-refractivity contribution in [1.29, 1.82) is 0 Å². The van der Waals surface area contributed by atoms with Crippen molar-refractivity contribution in [1.82, 2.24) is 5.32 Å². The van der Waals surface area contributed by atoms with Crippen LogP contribution in [0.3, 0.4) is 0 Å². The van der Waals surface area contributed by atoms with Crippen molar-refractivity contribution < 1.29 is 9.90 Å². The highest BCUT2D eigenvalue weighted by atomic mass is 16.3. The molecule has 1 amide bonds. The van der Waals surface area contributed by atoms with E-state index >= 15 is 0 Å². The Morgan fingerprint density at radius 1 is 1.19 bits per heavy atom. The Morgan fingerprint density at radius 3 is 2.71 bits per heavy atom. The van der Waals surface area contributed by atoms with Gasteiger partial charge in [-0.25, -0.2) is 0 Å². The molecule has 0 fully saturated rings. The Kier molecular flexibility index (Phi) is 3.52. The molecule has 0 unspecified atom stereocenters. The molecule has 0 spiro atoms. The van der Waals surface area contributed by atoms with E-state index in [9.17, 15) is 9.90 Å². The number of carbonyl (C=O) groups excluding carboxylic acids is 1. The number of rotatable bonds is 3. The van der Waals surface area contributed by atoms with Crippen molar-refractivity contribution in [3.8, 4) is 0 Å². The average Bonchev–Trinajstić information content (AvgIpc) is 2.84. The van der Waals surface area contributed by atoms with E-state index < -0.39 is 5.60 Å². The molecule has 108 valence electrons. The maximum Gasteiger partial charge on any atom is 0.251 e. The summed E-state index contributed by atoms with van der Waals surface area (Å²) in [5.41, 5.74) is 2.76. The number of hydrogen-bond acceptors (Lipinski definition) is 2. The van der Waals surface area contributed by atoms with Gasteiger partial charge in [0.15, 0.2) is 0 Å². The summed E-state index contributed by atoms with van der Waals surface area (Å²) in [5.74, 6) is -0.133. The summed E-state index contributed by atoms with van der Waals surface area (Å²) in [5, 5.41) is 13.7. The third-order valence-corrected chi connectivity index (χ3v) is 4.26. The summed E-state index contributed by atoms with van der Waals surface area (Å²) in [4.78, 5) is 12.3. The molecule has 0 radical (unpaired) electrons. The largest absolute Gasteiger partial charge is 0.383 e. The Bertz CT molecular complexity index is 680. The molecule has 0 aromatic heterocycles. The summed E-state index contributed by atoms with van der Waals surface area (Å²) in [6.07, 6.45) is 1.51. The molecular formula is C18H19NO2. The van der Waals surface area contributed by atoms with Gasteiger partial charge in [-0.2, -0.15) is 0 Å². The van der Waals surface area contributed by atoms with Gasteiger partial charge in [0.2, 0.25) is 0 Å². The molecule has 1 aliphatic rings. The van der Waals surface area contributed by atoms with Crippen LogP contribution in [0.25, 0.3) is 0 Å². The van der Waals surface area contributed by atoms with Gasteiger partial charge in [-0.1, -0.05) is 42.5 Å². The molecule has 2 N–H and O–H groups in total. The van der Waals surface area contributed by atoms with E-state index in [2.05, 4.69) is 5.32 Å². The monoisotopic (exact) mass is 281 g/mol. The average molecular weight is 281 g/mol. The SMILES string of the molecule is Cc1ccccc1C(=O)NC[C@@]1(O)CCc2ccccc21. The van der Waals surface area contributed by atoms with Crippen molar-refractivity contribution in [3.63, 3.8) is 0 Å². The smallest absolute Gasteiger partial charge is 0.251 e. The summed E-state index contributed by atoms with van der Waals surface area (Å²) in [7, 11) is 0. The van der Waals surface area contributed by atoms with Crippen LogP contribution < -0.4 is 5.32 Å². The molecule has 2 aromatic carbocycles. The lowest BCUT2D eigenvalue weighted by atomic mass is 9.96. The maximum atomic E-state index is 12.3. The maximum absolute atomic E-state index is 12.3. The third kappa shape index (κ3) is 2.57. The Balaban J connectivity index is 1.74. The molecule has 3 nitrogen and oxygen atoms in total. The normalized spacial score (nSPS) is 20.1. The lowest BCUT2D eigenvalue weighted by Gasteiger charge is -2.24. The van der Waals surface area contributed by atoms with Crippen molar-refractivity contribution in [2.24, 2.45) is 0 Å². The first-order chi connectivity index (χ1) is 10.1. The standard InChI is InChI=1S/C18H19NO2/c1-13-6-2-4-8-15(13)17(20)19-12-18(21)11-10-14-7-3-5-9-16(14)18/h2-9,21H,10-12H2,1H3,(H,19,20)/t18-/m0/s1. The van der Waals surface area contributed by atoms with E-state index in [1.807, 2.05) is 49.4 Å². The van der Waals surface area contributed by atoms with Crippen LogP contribution in [0.5, 0.6) is 0 Å². The Morgan fingerprint density at radius 2 is 1.90 bits per heavy atom. The molecule has 1 atom stereocenters. The number of carbonyl (C=O) groups is 1. The summed E-state index contributed by atoms with van der Waals surface area (Å²) in [6.45, 7) is 2.16. The fourth-order valence-corrected chi connectivity index (χ4v) is 3.00. The van der Waals surface area contributed by atoms with Crippen LogP contribution in [-0.2, 0) is 12.0 Å². The first-order valence-corrected chi connectivity index (χ1v) is 7.25. The van der Waals surface area contributed by atoms with Crippen LogP contribution >= 0.6 is 0 Å². The molecule has 0 saturated carbocycles. The van der Waals surface area contributed by atoms with Gasteiger partial charge in [0, 0.05) is 5.56 Å². The van der Waals surface area contributed by atoms with Crippen LogP contribution in [0, 0.1) is 6.92 Å². The molecule has 0 heterocycles. The van der Waals surface area contributed by atoms with E-state index in [0.29, 0.717) is 12.0 Å². The molecule has 3 heteroatoms. The fraction of sp³-hybridized carbons (Fsp3) is 0.278. The second kappa shape index (κ2) is 5.34. The highest BCUT2D eigenvalue weighted by molar-refractivity contribution is 5.95. The topological polar surface area (TPSA) is 49.3 Å². The van der Waals surface area contributed by atoms with E-state index in [4.69, 9.17) is 0 Å². The quantitative estimate of drug-likeness (QED) is 0.908. The first-order valence-electron chi connectivity index (χ1n) is 7.25. The molecule has 1 aliphatic carbocycles. The number of fused-ring (bicyclic) bond motifs is 1. The lowest BCUT2D eigenvalue weighted by Crippen LogP contribution is -2.39. The predicted molar refractivity (Wildman–Crippen MR) is 82.2 cm³/mol. The van der Waals surface area contributed by atoms with Crippen molar-refractivity contribution >= 4 is 5.91 Å². The van der Waals surface area contributed by atoms with Crippen LogP contribution in [0.15, 0.2) is 48.5 Å². The van der Waals surface area contributed by atoms with Gasteiger partial charge < -0.3 is 10.4 Å². The van der Waals surface area contributed by atoms with Crippen molar-refractivity contribution in [2.45, 2.75) is 25.4 Å². The van der Waals surface area contributed by atoms with Gasteiger partial charge in [0.05, 0.1) is 6.54 Å². The minimum atomic E-state index is -0.949. The van der Waals surface area contributed by atoms with E-state index in [1.54, 1.807) is 6.07 Å². The van der Waals surface area contributed by atoms with E-state index in [1.165, 1.54) is 5.56 Å². The molecule has 21 heavy (non-hydrogen) atoms. The van der Waals surface area contributed by atoms with Crippen LogP contribution in [0.2, 0.25) is 0 Å². The zero-order chi connectivity index (χ0) is 14.9. The predicted octanol–water partition coefficient (Wildman–Crippen LogP) is 2.56. The Hall–Kier alpha value is -2.13. The van der Waals surface area contributed by atoms with Crippen molar-refractivity contribution in [2.75, 3.05) is 6.54 Å². The lowest BCUT2D eigenvalue weighted by molar-refractivity contribution is 0.0369. The number of hydrogen-bond donors (Lipinski definition) is 2. The highest BCUT2D eigenvalue weighted by Gasteiger charge is 2.36. The van der Waals surface area contributed by atoms with Gasteiger partial charge >= 0.3 is 0 Å². The number of aryl methyl sites for hydroxylation is 2. The summed E-state index contributed by atoms with van der Waals surface area (Å²) < 4.78 is 0. The van der Waals surface area contributed by atoms with E-state index in [-0.39, 0.29) is 12.5 Å². The number of aliphatic hydroxyl groups is 1. The van der Waals surface area contributed by atoms with Crippen LogP contribution in [-0.4, -0.2) is 17.6 Å². The van der Waals surface area contributed by atoms with Gasteiger partial charge in [0.1, 0.15) is 5.60 Å². The van der Waals surface area contributed by atoms with Gasteiger partial charge in [-0.3, -0.25) is 4.79 Å². The van der Waals surface area contributed by atoms with Crippen LogP contribution in [0.1, 0.15) is 33.5 Å². The van der Waals surface area contributed by atoms with Crippen LogP contribution in [0.4, 0.5) is 0 Å². The van der Waals surface area contributed by atoms with Gasteiger partial charge in [0.25, 0.3) is 5.91 Å². The molecule has 2 aromatic rings. The first kappa shape index (κ1) is 13.8. The zero-order valence-corrected chi connectivity index (χ0v) is 12.1. The summed E-state index contributed by atoms with van der Waals surface area (Å²) in [6, 6.07) is 15.4. The highest BCUT2D eigenvalue weighted by Crippen LogP contribution is 2.36. The second-order valence-corrected chi connectivity index (χ2v) is 5.69. The molecule has 0 aliphatic heterocycles. The number of nitrogens with one attached hydrogen (secondary N) is 1. The third-order valence-electron chi connectivity index (χ3n) is 4.26. The molecular weight excluding hydrogens is 262 g/mol. The number of amides is 1. The number of benzene rings is 2. The van der Waals surface area contributed by atoms with E-state index in [0.717, 1.165) is 17.5 Å². The second-order valence-electron chi connectivity index (χ2n) is 5.69. The van der Waals surface area contributed by atoms with Gasteiger partial charge in [-0.15, -0.1) is 0 Å². The molecule has 3 rings (SSSR count). The molecule has 0 bridgehead atoms. The summed E-state index contributed by atoms with van der Waals surface area (Å²) >= 11 is 0. The molecule has 0 saturated heterocycles. The minimum absolute atomic E-state index is 0.133. The zero-order valence-electron chi connectivity index (χ0n) is 12.1.